The smallest absolute Gasteiger partial charge is 0.345 e. The molecule has 0 aliphatic carbocycles. The molecular formula is C19H16N2O3. The zero-order chi connectivity index (χ0) is 17.3. The summed E-state index contributed by atoms with van der Waals surface area (Å²) in [6.45, 7) is 3.28. The fourth-order valence-corrected chi connectivity index (χ4v) is 2.48. The van der Waals surface area contributed by atoms with E-state index in [1.165, 1.54) is 6.92 Å². The van der Waals surface area contributed by atoms with E-state index in [2.05, 4.69) is 9.97 Å². The molecule has 120 valence electrons. The molecule has 0 aliphatic heterocycles. The summed E-state index contributed by atoms with van der Waals surface area (Å²) in [6.07, 6.45) is 0. The number of hydrogen-bond acceptors (Lipinski definition) is 4. The molecule has 3 rings (SSSR count). The van der Waals surface area contributed by atoms with E-state index in [1.807, 2.05) is 0 Å². The Morgan fingerprint density at radius 3 is 2.58 bits per heavy atom. The van der Waals surface area contributed by atoms with Gasteiger partial charge in [0.2, 0.25) is 0 Å². The lowest BCUT2D eigenvalue weighted by molar-refractivity contribution is 0.101. The van der Waals surface area contributed by atoms with Crippen molar-refractivity contribution in [2.45, 2.75) is 13.8 Å². The largest absolute Gasteiger partial charge is 0.508 e. The highest BCUT2D eigenvalue weighted by Crippen LogP contribution is 2.26. The Labute approximate surface area is 138 Å². The maximum absolute atomic E-state index is 11.9. The molecule has 0 atom stereocenters. The van der Waals surface area contributed by atoms with Gasteiger partial charge in [-0.2, -0.15) is 4.98 Å². The van der Waals surface area contributed by atoms with Crippen LogP contribution in [0.5, 0.6) is 5.75 Å². The highest BCUT2D eigenvalue weighted by molar-refractivity contribution is 5.95. The van der Waals surface area contributed by atoms with Gasteiger partial charge in [-0.25, -0.2) is 4.79 Å². The summed E-state index contributed by atoms with van der Waals surface area (Å²) in [5.41, 5.74) is 3.37. The third-order valence-corrected chi connectivity index (χ3v) is 3.82. The minimum atomic E-state index is -0.471. The molecule has 0 spiro atoms. The van der Waals surface area contributed by atoms with E-state index < -0.39 is 5.69 Å². The number of aryl methyl sites for hydroxylation is 1. The quantitative estimate of drug-likeness (QED) is 0.725. The normalized spacial score (nSPS) is 10.6. The molecule has 0 saturated carbocycles. The molecule has 0 fully saturated rings. The van der Waals surface area contributed by atoms with Gasteiger partial charge in [-0.3, -0.25) is 4.79 Å². The van der Waals surface area contributed by atoms with E-state index in [0.717, 1.165) is 5.56 Å². The molecule has 0 saturated heterocycles. The van der Waals surface area contributed by atoms with Crippen LogP contribution in [0.25, 0.3) is 22.5 Å². The van der Waals surface area contributed by atoms with Gasteiger partial charge in [0.15, 0.2) is 5.78 Å². The van der Waals surface area contributed by atoms with Crippen molar-refractivity contribution in [1.82, 2.24) is 9.97 Å². The van der Waals surface area contributed by atoms with E-state index in [-0.39, 0.29) is 11.5 Å². The van der Waals surface area contributed by atoms with Crippen LogP contribution in [-0.2, 0) is 0 Å². The van der Waals surface area contributed by atoms with Crippen molar-refractivity contribution in [3.05, 3.63) is 70.1 Å². The van der Waals surface area contributed by atoms with Crippen LogP contribution in [-0.4, -0.2) is 20.9 Å². The Morgan fingerprint density at radius 1 is 1.08 bits per heavy atom. The van der Waals surface area contributed by atoms with Gasteiger partial charge in [-0.1, -0.05) is 18.2 Å². The van der Waals surface area contributed by atoms with Gasteiger partial charge in [0.1, 0.15) is 5.75 Å². The van der Waals surface area contributed by atoms with Crippen molar-refractivity contribution in [3.63, 3.8) is 0 Å². The summed E-state index contributed by atoms with van der Waals surface area (Å²) < 4.78 is 0. The van der Waals surface area contributed by atoms with Crippen LogP contribution in [0.3, 0.4) is 0 Å². The molecule has 5 nitrogen and oxygen atoms in total. The number of Topliss-reactive ketones (excluding diaryl/α,β-unsaturated/α-hetero) is 1. The summed E-state index contributed by atoms with van der Waals surface area (Å²) in [5.74, 6) is 0.153. The van der Waals surface area contributed by atoms with Gasteiger partial charge in [-0.15, -0.1) is 0 Å². The van der Waals surface area contributed by atoms with Gasteiger partial charge in [-0.05, 0) is 55.3 Å². The maximum Gasteiger partial charge on any atom is 0.345 e. The summed E-state index contributed by atoms with van der Waals surface area (Å²) in [5, 5.41) is 9.64. The number of hydrogen-bond donors (Lipinski definition) is 2. The van der Waals surface area contributed by atoms with Crippen molar-refractivity contribution in [3.8, 4) is 28.3 Å². The number of ketones is 1. The lowest BCUT2D eigenvalue weighted by Crippen LogP contribution is -2.12. The molecule has 0 amide bonds. The predicted octanol–water partition coefficient (Wildman–Crippen LogP) is 3.32. The van der Waals surface area contributed by atoms with Crippen molar-refractivity contribution >= 4 is 5.78 Å². The minimum Gasteiger partial charge on any atom is -0.508 e. The number of carbonyl (C=O) groups is 1. The Hall–Kier alpha value is -3.21. The van der Waals surface area contributed by atoms with Gasteiger partial charge in [0.05, 0.1) is 11.4 Å². The van der Waals surface area contributed by atoms with Crippen LogP contribution in [0, 0.1) is 6.92 Å². The molecule has 24 heavy (non-hydrogen) atoms. The van der Waals surface area contributed by atoms with E-state index in [9.17, 15) is 14.7 Å². The summed E-state index contributed by atoms with van der Waals surface area (Å²) in [4.78, 5) is 30.2. The monoisotopic (exact) mass is 320 g/mol. The highest BCUT2D eigenvalue weighted by atomic mass is 16.3. The molecule has 2 N–H and O–H groups in total. The van der Waals surface area contributed by atoms with Crippen LogP contribution in [0.1, 0.15) is 22.8 Å². The topological polar surface area (TPSA) is 83.0 Å². The third kappa shape index (κ3) is 3.10. The van der Waals surface area contributed by atoms with Gasteiger partial charge in [0, 0.05) is 11.1 Å². The Balaban J connectivity index is 2.13. The molecular weight excluding hydrogens is 304 g/mol. The van der Waals surface area contributed by atoms with Crippen molar-refractivity contribution in [2.24, 2.45) is 0 Å². The molecule has 3 aromatic rings. The number of aromatic amines is 1. The van der Waals surface area contributed by atoms with E-state index in [1.54, 1.807) is 55.5 Å². The van der Waals surface area contributed by atoms with Crippen molar-refractivity contribution in [2.75, 3.05) is 0 Å². The first-order valence-electron chi connectivity index (χ1n) is 7.47. The van der Waals surface area contributed by atoms with Crippen molar-refractivity contribution in [1.29, 1.82) is 0 Å². The van der Waals surface area contributed by atoms with E-state index in [0.29, 0.717) is 28.1 Å². The zero-order valence-electron chi connectivity index (χ0n) is 13.3. The second kappa shape index (κ2) is 6.12. The summed E-state index contributed by atoms with van der Waals surface area (Å²) >= 11 is 0. The SMILES string of the molecule is CC(=O)c1cccc(-c2cc(-c3ccc(O)c(C)c3)[nH]c(=O)n2)c1. The second-order valence-corrected chi connectivity index (χ2v) is 5.62. The standard InChI is InChI=1S/C19H16N2O3/c1-11-8-15(6-7-18(11)23)17-10-16(20-19(24)21-17)14-5-3-4-13(9-14)12(2)22/h3-10,23H,1-2H3,(H,20,21,24). The number of nitrogens with one attached hydrogen (secondary N) is 1. The first-order valence-corrected chi connectivity index (χ1v) is 7.47. The fraction of sp³-hybridized carbons (Fsp3) is 0.105. The number of phenols is 1. The Bertz CT molecular complexity index is 990. The molecule has 1 heterocycles. The van der Waals surface area contributed by atoms with Crippen LogP contribution in [0.4, 0.5) is 0 Å². The molecule has 0 aliphatic rings. The first-order chi connectivity index (χ1) is 11.4. The van der Waals surface area contributed by atoms with Crippen molar-refractivity contribution < 1.29 is 9.90 Å². The van der Waals surface area contributed by atoms with Crippen LogP contribution < -0.4 is 5.69 Å². The number of nitrogens with zero attached hydrogens (tertiary/aromatic N) is 1. The Morgan fingerprint density at radius 2 is 1.88 bits per heavy atom. The van der Waals surface area contributed by atoms with E-state index >= 15 is 0 Å². The first kappa shape index (κ1) is 15.7. The second-order valence-electron chi connectivity index (χ2n) is 5.62. The zero-order valence-corrected chi connectivity index (χ0v) is 13.3. The fourth-order valence-electron chi connectivity index (χ4n) is 2.48. The highest BCUT2D eigenvalue weighted by Gasteiger charge is 2.09. The average molecular weight is 320 g/mol. The van der Waals surface area contributed by atoms with Crippen LogP contribution in [0.2, 0.25) is 0 Å². The minimum absolute atomic E-state index is 0.0453. The summed E-state index contributed by atoms with van der Waals surface area (Å²) in [6, 6.07) is 13.9. The lowest BCUT2D eigenvalue weighted by Gasteiger charge is -2.07. The molecule has 0 radical (unpaired) electrons. The maximum atomic E-state index is 11.9. The lowest BCUT2D eigenvalue weighted by atomic mass is 10.0. The van der Waals surface area contributed by atoms with Gasteiger partial charge in [0.25, 0.3) is 0 Å². The number of benzene rings is 2. The molecule has 2 aromatic carbocycles. The predicted molar refractivity (Wildman–Crippen MR) is 92.1 cm³/mol. The number of carbonyl (C=O) groups excluding carboxylic acids is 1. The number of H-pyrrole nitrogens is 1. The number of aromatic nitrogens is 2. The van der Waals surface area contributed by atoms with Crippen LogP contribution >= 0.6 is 0 Å². The average Bonchev–Trinajstić information content (AvgIpc) is 2.57. The molecule has 0 unspecified atom stereocenters. The number of aromatic hydroxyl groups is 1. The molecule has 5 heteroatoms. The van der Waals surface area contributed by atoms with E-state index in [4.69, 9.17) is 0 Å². The number of phenolic OH excluding ortho intramolecular Hbond substituents is 1. The molecule has 0 bridgehead atoms. The number of rotatable bonds is 3. The molecule has 1 aromatic heterocycles. The Kier molecular flexibility index (Phi) is 4.00. The van der Waals surface area contributed by atoms with Crippen LogP contribution in [0.15, 0.2) is 53.3 Å². The summed E-state index contributed by atoms with van der Waals surface area (Å²) in [7, 11) is 0. The van der Waals surface area contributed by atoms with Gasteiger partial charge >= 0.3 is 5.69 Å². The third-order valence-electron chi connectivity index (χ3n) is 3.82. The van der Waals surface area contributed by atoms with Gasteiger partial charge < -0.3 is 10.1 Å².